The molecule has 0 saturated heterocycles. The second-order valence-electron chi connectivity index (χ2n) is 4.47. The van der Waals surface area contributed by atoms with Crippen LogP contribution in [0.1, 0.15) is 18.4 Å². The molecule has 0 radical (unpaired) electrons. The van der Waals surface area contributed by atoms with Gasteiger partial charge in [-0.2, -0.15) is 0 Å². The van der Waals surface area contributed by atoms with E-state index in [4.69, 9.17) is 27.9 Å². The Bertz CT molecular complexity index is 685. The lowest BCUT2D eigenvalue weighted by Crippen LogP contribution is -2.16. The minimum Gasteiger partial charge on any atom is -0.506 e. The third-order valence-electron chi connectivity index (χ3n) is 2.96. The first-order chi connectivity index (χ1) is 9.88. The molecule has 0 aliphatic heterocycles. The van der Waals surface area contributed by atoms with Crippen LogP contribution in [0.3, 0.4) is 0 Å². The van der Waals surface area contributed by atoms with Crippen molar-refractivity contribution >= 4 is 29.2 Å². The van der Waals surface area contributed by atoms with Crippen LogP contribution in [0.15, 0.2) is 36.4 Å². The van der Waals surface area contributed by atoms with Crippen LogP contribution in [0.2, 0.25) is 10.0 Å². The number of benzene rings is 2. The van der Waals surface area contributed by atoms with Gasteiger partial charge in [0.1, 0.15) is 17.2 Å². The molecule has 0 aliphatic carbocycles. The van der Waals surface area contributed by atoms with E-state index in [-0.39, 0.29) is 27.3 Å². The van der Waals surface area contributed by atoms with Crippen LogP contribution >= 0.6 is 23.2 Å². The number of phenolic OH excluding ortho intramolecular Hbond substituents is 2. The standard InChI is InChI=1S/C15H12Cl2O4/c1-8(9-2-4-13(18)11(16)6-9)15(20)21-10-3-5-14(19)12(17)7-10/h2-8,18-19H,1H3. The summed E-state index contributed by atoms with van der Waals surface area (Å²) in [6.45, 7) is 1.66. The van der Waals surface area contributed by atoms with E-state index in [1.807, 2.05) is 0 Å². The lowest BCUT2D eigenvalue weighted by Gasteiger charge is -2.12. The number of hydrogen-bond donors (Lipinski definition) is 2. The second-order valence-corrected chi connectivity index (χ2v) is 5.28. The molecule has 110 valence electrons. The lowest BCUT2D eigenvalue weighted by atomic mass is 10.0. The average Bonchev–Trinajstić information content (AvgIpc) is 2.45. The molecule has 2 aromatic carbocycles. The van der Waals surface area contributed by atoms with Gasteiger partial charge in [-0.25, -0.2) is 0 Å². The molecule has 0 aliphatic rings. The normalized spacial score (nSPS) is 12.0. The van der Waals surface area contributed by atoms with Crippen molar-refractivity contribution in [2.75, 3.05) is 0 Å². The van der Waals surface area contributed by atoms with Gasteiger partial charge < -0.3 is 14.9 Å². The van der Waals surface area contributed by atoms with Crippen molar-refractivity contribution in [3.63, 3.8) is 0 Å². The molecular formula is C15H12Cl2O4. The highest BCUT2D eigenvalue weighted by molar-refractivity contribution is 6.32. The highest BCUT2D eigenvalue weighted by Crippen LogP contribution is 2.30. The van der Waals surface area contributed by atoms with Gasteiger partial charge in [0.15, 0.2) is 0 Å². The van der Waals surface area contributed by atoms with E-state index in [2.05, 4.69) is 0 Å². The van der Waals surface area contributed by atoms with Crippen LogP contribution in [0, 0.1) is 0 Å². The van der Waals surface area contributed by atoms with Gasteiger partial charge in [0.2, 0.25) is 0 Å². The Morgan fingerprint density at radius 1 is 1.05 bits per heavy atom. The third-order valence-corrected chi connectivity index (χ3v) is 3.57. The summed E-state index contributed by atoms with van der Waals surface area (Å²) in [5.74, 6) is -0.977. The van der Waals surface area contributed by atoms with Crippen LogP contribution in [0.5, 0.6) is 17.2 Å². The number of halogens is 2. The first kappa shape index (κ1) is 15.5. The Morgan fingerprint density at radius 2 is 1.62 bits per heavy atom. The minimum atomic E-state index is -0.573. The Hall–Kier alpha value is -1.91. The first-order valence-corrected chi connectivity index (χ1v) is 6.82. The summed E-state index contributed by atoms with van der Waals surface area (Å²) in [6, 6.07) is 8.65. The molecule has 0 saturated carbocycles. The molecule has 0 aromatic heterocycles. The minimum absolute atomic E-state index is 0.0497. The van der Waals surface area contributed by atoms with E-state index in [1.165, 1.54) is 30.3 Å². The largest absolute Gasteiger partial charge is 0.506 e. The van der Waals surface area contributed by atoms with Crippen molar-refractivity contribution in [3.05, 3.63) is 52.0 Å². The fourth-order valence-corrected chi connectivity index (χ4v) is 2.04. The summed E-state index contributed by atoms with van der Waals surface area (Å²) in [4.78, 5) is 12.1. The quantitative estimate of drug-likeness (QED) is 0.657. The van der Waals surface area contributed by atoms with Crippen molar-refractivity contribution in [1.29, 1.82) is 0 Å². The fraction of sp³-hybridized carbons (Fsp3) is 0.133. The fourth-order valence-electron chi connectivity index (χ4n) is 1.68. The van der Waals surface area contributed by atoms with E-state index in [0.29, 0.717) is 5.56 Å². The lowest BCUT2D eigenvalue weighted by molar-refractivity contribution is -0.135. The number of rotatable bonds is 3. The van der Waals surface area contributed by atoms with Crippen molar-refractivity contribution in [2.45, 2.75) is 12.8 Å². The predicted molar refractivity (Wildman–Crippen MR) is 80.3 cm³/mol. The number of carbonyl (C=O) groups is 1. The predicted octanol–water partition coefficient (Wildman–Crippen LogP) is 4.11. The summed E-state index contributed by atoms with van der Waals surface area (Å²) in [7, 11) is 0. The van der Waals surface area contributed by atoms with Crippen LogP contribution in [-0.2, 0) is 4.79 Å². The van der Waals surface area contributed by atoms with Crippen molar-refractivity contribution in [1.82, 2.24) is 0 Å². The Kier molecular flexibility index (Phi) is 4.60. The zero-order chi connectivity index (χ0) is 15.6. The summed E-state index contributed by atoms with van der Waals surface area (Å²) in [6.07, 6.45) is 0. The van der Waals surface area contributed by atoms with Crippen molar-refractivity contribution in [2.24, 2.45) is 0 Å². The molecule has 1 atom stereocenters. The molecule has 0 bridgehead atoms. The van der Waals surface area contributed by atoms with Gasteiger partial charge in [0.25, 0.3) is 0 Å². The average molecular weight is 327 g/mol. The van der Waals surface area contributed by atoms with Crippen molar-refractivity contribution < 1.29 is 19.7 Å². The van der Waals surface area contributed by atoms with E-state index >= 15 is 0 Å². The Balaban J connectivity index is 2.15. The van der Waals surface area contributed by atoms with E-state index in [0.717, 1.165) is 0 Å². The van der Waals surface area contributed by atoms with Gasteiger partial charge in [0.05, 0.1) is 16.0 Å². The summed E-state index contributed by atoms with van der Waals surface area (Å²) in [5.41, 5.74) is 0.618. The van der Waals surface area contributed by atoms with Gasteiger partial charge in [0, 0.05) is 6.07 Å². The topological polar surface area (TPSA) is 66.8 Å². The molecule has 2 rings (SSSR count). The highest BCUT2D eigenvalue weighted by Gasteiger charge is 2.19. The van der Waals surface area contributed by atoms with Crippen LogP contribution in [-0.4, -0.2) is 16.2 Å². The van der Waals surface area contributed by atoms with Crippen LogP contribution < -0.4 is 4.74 Å². The molecule has 4 nitrogen and oxygen atoms in total. The summed E-state index contributed by atoms with van der Waals surface area (Å²) in [5, 5.41) is 18.9. The van der Waals surface area contributed by atoms with Gasteiger partial charge in [-0.1, -0.05) is 29.3 Å². The summed E-state index contributed by atoms with van der Waals surface area (Å²) >= 11 is 11.6. The SMILES string of the molecule is CC(C(=O)Oc1ccc(O)c(Cl)c1)c1ccc(O)c(Cl)c1. The maximum Gasteiger partial charge on any atom is 0.318 e. The summed E-state index contributed by atoms with van der Waals surface area (Å²) < 4.78 is 5.20. The molecule has 2 aromatic rings. The molecule has 2 N–H and O–H groups in total. The van der Waals surface area contributed by atoms with Gasteiger partial charge >= 0.3 is 5.97 Å². The van der Waals surface area contributed by atoms with Crippen molar-refractivity contribution in [3.8, 4) is 17.2 Å². The molecule has 1 unspecified atom stereocenters. The zero-order valence-electron chi connectivity index (χ0n) is 11.0. The molecule has 0 fully saturated rings. The molecule has 6 heteroatoms. The number of esters is 1. The van der Waals surface area contributed by atoms with Crippen LogP contribution in [0.25, 0.3) is 0 Å². The molecule has 0 spiro atoms. The van der Waals surface area contributed by atoms with Gasteiger partial charge in [-0.3, -0.25) is 4.79 Å². The first-order valence-electron chi connectivity index (χ1n) is 6.07. The number of phenols is 2. The third kappa shape index (κ3) is 3.60. The van der Waals surface area contributed by atoms with Gasteiger partial charge in [-0.15, -0.1) is 0 Å². The molecule has 0 heterocycles. The number of ether oxygens (including phenoxy) is 1. The Morgan fingerprint density at radius 3 is 2.19 bits per heavy atom. The molecule has 21 heavy (non-hydrogen) atoms. The maximum absolute atomic E-state index is 12.1. The second kappa shape index (κ2) is 6.24. The molecular weight excluding hydrogens is 315 g/mol. The number of aromatic hydroxyl groups is 2. The van der Waals surface area contributed by atoms with Gasteiger partial charge in [-0.05, 0) is 36.8 Å². The molecule has 0 amide bonds. The zero-order valence-corrected chi connectivity index (χ0v) is 12.5. The number of hydrogen-bond acceptors (Lipinski definition) is 4. The Labute approximate surface area is 131 Å². The van der Waals surface area contributed by atoms with E-state index in [9.17, 15) is 15.0 Å². The van der Waals surface area contributed by atoms with E-state index in [1.54, 1.807) is 13.0 Å². The van der Waals surface area contributed by atoms with Crippen LogP contribution in [0.4, 0.5) is 0 Å². The highest BCUT2D eigenvalue weighted by atomic mass is 35.5. The van der Waals surface area contributed by atoms with E-state index < -0.39 is 11.9 Å². The maximum atomic E-state index is 12.1. The smallest absolute Gasteiger partial charge is 0.318 e. The number of carbonyl (C=O) groups excluding carboxylic acids is 1. The monoisotopic (exact) mass is 326 g/mol.